The Morgan fingerprint density at radius 1 is 0.782 bits per heavy atom. The van der Waals surface area contributed by atoms with Gasteiger partial charge in [0.05, 0.1) is 18.2 Å². The zero-order valence-corrected chi connectivity index (χ0v) is 32.5. The van der Waals surface area contributed by atoms with Gasteiger partial charge in [0.25, 0.3) is 0 Å². The molecule has 0 saturated carbocycles. The minimum absolute atomic E-state index is 0.382. The Morgan fingerprint density at radius 3 is 2.58 bits per heavy atom. The van der Waals surface area contributed by atoms with E-state index in [1.165, 1.54) is 57.8 Å². The number of rotatable bonds is 5. The summed E-state index contributed by atoms with van der Waals surface area (Å²) in [5, 5.41) is 4.00. The van der Waals surface area contributed by atoms with Crippen LogP contribution in [0.3, 0.4) is 0 Å². The molecule has 0 spiro atoms. The van der Waals surface area contributed by atoms with Crippen LogP contribution in [0.4, 0.5) is 0 Å². The summed E-state index contributed by atoms with van der Waals surface area (Å²) in [6.07, 6.45) is 42.6. The molecule has 12 rings (SSSR count). The molecule has 2 nitrogen and oxygen atoms in total. The highest BCUT2D eigenvalue weighted by molar-refractivity contribution is 5.84. The lowest BCUT2D eigenvalue weighted by molar-refractivity contribution is 0.175. The molecule has 12 atom stereocenters. The molecular weight excluding hydrogens is 665 g/mol. The van der Waals surface area contributed by atoms with E-state index in [2.05, 4.69) is 139 Å². The van der Waals surface area contributed by atoms with E-state index in [9.17, 15) is 0 Å². The third-order valence-electron chi connectivity index (χ3n) is 16.3. The fraction of sp³-hybridized carbons (Fsp3) is 0.434. The van der Waals surface area contributed by atoms with Gasteiger partial charge in [-0.3, -0.25) is 5.32 Å². The highest BCUT2D eigenvalue weighted by Crippen LogP contribution is 2.65. The number of aryl methyl sites for hydroxylation is 1. The molecule has 9 aliphatic carbocycles. The standard InChI is InChI=1S/C53H56N2/c1-2-47-54-44-21-9-10-22-46(44)55(47)45-30-26-36-24-28-38-37(27-23-35-25-29-39(45)50(36)49(35)38)43-31-42(32-13-5-3-6-14-32)52-40-19-11-17-33-18-12-20-41(48(33)40)53(52)51(43)34-15-7-4-8-16-34/h3-11,13,15-17,19,21-22,24,28-30,32,35-36,41-44,46-47,49-51,54H,2,12,14,18,20,23,25-27,31H2,1H3. The van der Waals surface area contributed by atoms with Crippen molar-refractivity contribution in [3.8, 4) is 0 Å². The van der Waals surface area contributed by atoms with E-state index in [0.29, 0.717) is 65.6 Å². The van der Waals surface area contributed by atoms with Crippen molar-refractivity contribution in [2.24, 2.45) is 41.4 Å². The molecule has 1 fully saturated rings. The predicted octanol–water partition coefficient (Wildman–Crippen LogP) is 11.7. The molecule has 12 unspecified atom stereocenters. The Bertz CT molecular complexity index is 2200. The molecule has 10 aliphatic rings. The van der Waals surface area contributed by atoms with Crippen LogP contribution in [-0.2, 0) is 6.42 Å². The van der Waals surface area contributed by atoms with Crippen LogP contribution < -0.4 is 5.32 Å². The second kappa shape index (κ2) is 13.0. The molecule has 55 heavy (non-hydrogen) atoms. The summed E-state index contributed by atoms with van der Waals surface area (Å²) >= 11 is 0. The maximum absolute atomic E-state index is 4.00. The van der Waals surface area contributed by atoms with E-state index < -0.39 is 0 Å². The van der Waals surface area contributed by atoms with Crippen molar-refractivity contribution in [1.82, 2.24) is 10.2 Å². The summed E-state index contributed by atoms with van der Waals surface area (Å²) in [7, 11) is 0. The van der Waals surface area contributed by atoms with Crippen LogP contribution in [0.5, 0.6) is 0 Å². The Labute approximate surface area is 328 Å². The number of nitrogens with zero attached hydrogens (tertiary/aromatic N) is 1. The average molecular weight is 721 g/mol. The molecule has 0 amide bonds. The molecule has 1 N–H and O–H groups in total. The normalized spacial score (nSPS) is 38.7. The Kier molecular flexibility index (Phi) is 7.78. The van der Waals surface area contributed by atoms with Gasteiger partial charge in [0.1, 0.15) is 0 Å². The molecule has 0 bridgehead atoms. The van der Waals surface area contributed by atoms with Crippen molar-refractivity contribution in [3.63, 3.8) is 0 Å². The summed E-state index contributed by atoms with van der Waals surface area (Å²) in [6, 6.07) is 20.1. The SMILES string of the molecule is CCC1NC2C=CC=CC2N1C1=CCC2C=CC3=C(C4CC(C5C=CC=CC5)C5=C(C6CCCc7cccc5c76)C4c4ccccc4)CCC4CC=C1C2C34. The summed E-state index contributed by atoms with van der Waals surface area (Å²) in [4.78, 5) is 2.80. The third kappa shape index (κ3) is 4.89. The molecule has 1 aliphatic heterocycles. The summed E-state index contributed by atoms with van der Waals surface area (Å²) in [6.45, 7) is 2.36. The smallest absolute Gasteiger partial charge is 0.0805 e. The van der Waals surface area contributed by atoms with Gasteiger partial charge in [0.2, 0.25) is 0 Å². The minimum Gasteiger partial charge on any atom is -0.348 e. The molecule has 278 valence electrons. The molecule has 2 aromatic carbocycles. The third-order valence-corrected chi connectivity index (χ3v) is 16.3. The first-order chi connectivity index (χ1) is 27.3. The second-order valence-electron chi connectivity index (χ2n) is 18.6. The molecule has 2 heteroatoms. The van der Waals surface area contributed by atoms with Crippen LogP contribution >= 0.6 is 0 Å². The summed E-state index contributed by atoms with van der Waals surface area (Å²) in [5.41, 5.74) is 17.0. The lowest BCUT2D eigenvalue weighted by Gasteiger charge is -2.53. The largest absolute Gasteiger partial charge is 0.348 e. The van der Waals surface area contributed by atoms with Crippen LogP contribution in [0, 0.1) is 41.4 Å². The topological polar surface area (TPSA) is 15.3 Å². The number of fused-ring (bicyclic) bond motifs is 3. The molecular formula is C53H56N2. The van der Waals surface area contributed by atoms with Gasteiger partial charge in [-0.05, 0) is 145 Å². The zero-order valence-electron chi connectivity index (χ0n) is 32.5. The maximum atomic E-state index is 4.00. The number of benzene rings is 2. The Balaban J connectivity index is 0.997. The van der Waals surface area contributed by atoms with Crippen molar-refractivity contribution in [2.45, 2.75) is 101 Å². The molecule has 0 aromatic heterocycles. The minimum atomic E-state index is 0.382. The van der Waals surface area contributed by atoms with E-state index in [-0.39, 0.29) is 0 Å². The number of nitrogens with one attached hydrogen (secondary N) is 1. The molecule has 1 saturated heterocycles. The van der Waals surface area contributed by atoms with Crippen molar-refractivity contribution in [1.29, 1.82) is 0 Å². The average Bonchev–Trinajstić information content (AvgIpc) is 3.80. The quantitative estimate of drug-likeness (QED) is 0.331. The zero-order chi connectivity index (χ0) is 36.2. The highest BCUT2D eigenvalue weighted by atomic mass is 15.4. The summed E-state index contributed by atoms with van der Waals surface area (Å²) in [5.74, 6) is 5.32. The number of hydrogen-bond donors (Lipinski definition) is 1. The number of allylic oxidation sites excluding steroid dienone is 15. The molecule has 2 aromatic rings. The van der Waals surface area contributed by atoms with E-state index in [4.69, 9.17) is 0 Å². The first-order valence-corrected chi connectivity index (χ1v) is 22.2. The van der Waals surface area contributed by atoms with Crippen molar-refractivity contribution in [2.75, 3.05) is 0 Å². The Morgan fingerprint density at radius 2 is 1.69 bits per heavy atom. The van der Waals surface area contributed by atoms with E-state index in [1.807, 2.05) is 11.1 Å². The van der Waals surface area contributed by atoms with E-state index >= 15 is 0 Å². The fourth-order valence-electron chi connectivity index (χ4n) is 14.3. The van der Waals surface area contributed by atoms with Crippen LogP contribution in [0.15, 0.2) is 149 Å². The maximum Gasteiger partial charge on any atom is 0.0805 e. The van der Waals surface area contributed by atoms with Crippen LogP contribution in [0.1, 0.15) is 98.8 Å². The highest BCUT2D eigenvalue weighted by Gasteiger charge is 2.53. The van der Waals surface area contributed by atoms with Crippen LogP contribution in [0.2, 0.25) is 0 Å². The van der Waals surface area contributed by atoms with Crippen molar-refractivity contribution >= 4 is 5.57 Å². The van der Waals surface area contributed by atoms with Crippen LogP contribution in [-0.4, -0.2) is 23.1 Å². The van der Waals surface area contributed by atoms with Crippen LogP contribution in [0.25, 0.3) is 5.57 Å². The Hall–Kier alpha value is -4.14. The van der Waals surface area contributed by atoms with Gasteiger partial charge < -0.3 is 4.90 Å². The van der Waals surface area contributed by atoms with Gasteiger partial charge in [-0.1, -0.05) is 140 Å². The van der Waals surface area contributed by atoms with Gasteiger partial charge in [0.15, 0.2) is 0 Å². The molecule has 1 heterocycles. The monoisotopic (exact) mass is 720 g/mol. The number of hydrogen-bond acceptors (Lipinski definition) is 2. The van der Waals surface area contributed by atoms with E-state index in [0.717, 1.165) is 12.3 Å². The molecule has 0 radical (unpaired) electrons. The lowest BCUT2D eigenvalue weighted by atomic mass is 9.52. The van der Waals surface area contributed by atoms with Crippen molar-refractivity contribution in [3.05, 3.63) is 172 Å². The first kappa shape index (κ1) is 33.0. The fourth-order valence-corrected chi connectivity index (χ4v) is 14.3. The van der Waals surface area contributed by atoms with Gasteiger partial charge in [-0.2, -0.15) is 0 Å². The lowest BCUT2D eigenvalue weighted by Crippen LogP contribution is -2.46. The van der Waals surface area contributed by atoms with Gasteiger partial charge in [-0.25, -0.2) is 0 Å². The van der Waals surface area contributed by atoms with E-state index in [1.54, 1.807) is 44.7 Å². The van der Waals surface area contributed by atoms with Gasteiger partial charge in [0, 0.05) is 17.5 Å². The predicted molar refractivity (Wildman–Crippen MR) is 226 cm³/mol. The second-order valence-corrected chi connectivity index (χ2v) is 18.6. The van der Waals surface area contributed by atoms with Crippen molar-refractivity contribution < 1.29 is 0 Å². The van der Waals surface area contributed by atoms with Gasteiger partial charge in [-0.15, -0.1) is 0 Å². The first-order valence-electron chi connectivity index (χ1n) is 22.2. The summed E-state index contributed by atoms with van der Waals surface area (Å²) < 4.78 is 0. The van der Waals surface area contributed by atoms with Gasteiger partial charge >= 0.3 is 0 Å².